The molecule has 2 saturated heterocycles. The average Bonchev–Trinajstić information content (AvgIpc) is 2.73. The lowest BCUT2D eigenvalue weighted by molar-refractivity contribution is -0.190. The highest BCUT2D eigenvalue weighted by Crippen LogP contribution is 2.40. The van der Waals surface area contributed by atoms with Crippen LogP contribution in [0, 0.1) is 11.8 Å². The molecule has 2 heterocycles. The summed E-state index contributed by atoms with van der Waals surface area (Å²) in [7, 11) is 0. The zero-order valence-corrected chi connectivity index (χ0v) is 18.5. The quantitative estimate of drug-likeness (QED) is 0.694. The summed E-state index contributed by atoms with van der Waals surface area (Å²) >= 11 is 0. The molecule has 162 valence electrons. The molecule has 1 aromatic rings. The van der Waals surface area contributed by atoms with Crippen molar-refractivity contribution in [3.8, 4) is 0 Å². The van der Waals surface area contributed by atoms with Gasteiger partial charge >= 0.3 is 0 Å². The SMILES string of the molecule is CC1OC2(CCC(CCc3ccccc3)CC2)CN(CC2CCOCC2)C1=O.Cl. The normalized spacial score (nSPS) is 30.9. The van der Waals surface area contributed by atoms with Gasteiger partial charge in [-0.15, -0.1) is 12.4 Å². The van der Waals surface area contributed by atoms with Crippen molar-refractivity contribution in [3.05, 3.63) is 35.9 Å². The number of benzene rings is 1. The third-order valence-corrected chi connectivity index (χ3v) is 7.09. The van der Waals surface area contributed by atoms with Crippen LogP contribution in [0.3, 0.4) is 0 Å². The van der Waals surface area contributed by atoms with E-state index in [0.29, 0.717) is 5.92 Å². The first-order valence-electron chi connectivity index (χ1n) is 11.2. The van der Waals surface area contributed by atoms with E-state index in [9.17, 15) is 4.79 Å². The number of halogens is 1. The second-order valence-corrected chi connectivity index (χ2v) is 9.19. The summed E-state index contributed by atoms with van der Waals surface area (Å²) in [6.45, 7) is 5.30. The first-order chi connectivity index (χ1) is 13.6. The van der Waals surface area contributed by atoms with E-state index in [-0.39, 0.29) is 30.0 Å². The van der Waals surface area contributed by atoms with Crippen molar-refractivity contribution < 1.29 is 14.3 Å². The summed E-state index contributed by atoms with van der Waals surface area (Å²) in [4.78, 5) is 14.8. The van der Waals surface area contributed by atoms with Gasteiger partial charge < -0.3 is 14.4 Å². The van der Waals surface area contributed by atoms with Crippen LogP contribution in [0.5, 0.6) is 0 Å². The van der Waals surface area contributed by atoms with Crippen LogP contribution in [-0.4, -0.2) is 48.8 Å². The van der Waals surface area contributed by atoms with Crippen molar-refractivity contribution >= 4 is 18.3 Å². The molecule has 2 aliphatic heterocycles. The molecule has 1 aliphatic carbocycles. The smallest absolute Gasteiger partial charge is 0.251 e. The first-order valence-corrected chi connectivity index (χ1v) is 11.2. The van der Waals surface area contributed by atoms with Crippen molar-refractivity contribution in [1.29, 1.82) is 0 Å². The standard InChI is InChI=1S/C24H35NO3.ClH/c1-19-23(26)25(17-22-11-15-27-16-12-22)18-24(28-19)13-9-21(10-14-24)8-7-20-5-3-2-4-6-20;/h2-6,19,21-22H,7-18H2,1H3;1H. The number of rotatable bonds is 5. The number of nitrogens with zero attached hydrogens (tertiary/aromatic N) is 1. The molecular formula is C24H36ClNO3. The van der Waals surface area contributed by atoms with Crippen molar-refractivity contribution in [1.82, 2.24) is 4.90 Å². The van der Waals surface area contributed by atoms with Gasteiger partial charge in [-0.3, -0.25) is 4.79 Å². The van der Waals surface area contributed by atoms with Crippen LogP contribution in [0.15, 0.2) is 30.3 Å². The first kappa shape index (κ1) is 22.6. The molecule has 1 amide bonds. The van der Waals surface area contributed by atoms with E-state index in [1.165, 1.54) is 31.2 Å². The average molecular weight is 422 g/mol. The Balaban J connectivity index is 0.00000240. The highest BCUT2D eigenvalue weighted by atomic mass is 35.5. The van der Waals surface area contributed by atoms with Gasteiger partial charge in [0.1, 0.15) is 6.10 Å². The minimum Gasteiger partial charge on any atom is -0.381 e. The van der Waals surface area contributed by atoms with Gasteiger partial charge in [0.2, 0.25) is 0 Å². The topological polar surface area (TPSA) is 38.8 Å². The predicted octanol–water partition coefficient (Wildman–Crippen LogP) is 4.64. The van der Waals surface area contributed by atoms with E-state index in [1.54, 1.807) is 0 Å². The van der Waals surface area contributed by atoms with Crippen LogP contribution in [0.1, 0.15) is 57.4 Å². The molecule has 0 radical (unpaired) electrons. The van der Waals surface area contributed by atoms with Crippen LogP contribution in [-0.2, 0) is 20.7 Å². The lowest BCUT2D eigenvalue weighted by atomic mass is 9.75. The van der Waals surface area contributed by atoms with Crippen LogP contribution in [0.4, 0.5) is 0 Å². The highest BCUT2D eigenvalue weighted by molar-refractivity contribution is 5.85. The summed E-state index contributed by atoms with van der Waals surface area (Å²) in [6.07, 6.45) is 8.92. The van der Waals surface area contributed by atoms with Gasteiger partial charge in [0.15, 0.2) is 0 Å². The molecule has 0 N–H and O–H groups in total. The lowest BCUT2D eigenvalue weighted by Gasteiger charge is -2.49. The molecule has 1 unspecified atom stereocenters. The molecule has 1 atom stereocenters. The summed E-state index contributed by atoms with van der Waals surface area (Å²) in [5.74, 6) is 1.55. The molecule has 1 spiro atoms. The highest BCUT2D eigenvalue weighted by Gasteiger charge is 2.45. The van der Waals surface area contributed by atoms with Gasteiger partial charge in [0.05, 0.1) is 5.60 Å². The number of carbonyl (C=O) groups is 1. The minimum atomic E-state index is -0.297. The molecule has 4 nitrogen and oxygen atoms in total. The van der Waals surface area contributed by atoms with Crippen LogP contribution >= 0.6 is 12.4 Å². The largest absolute Gasteiger partial charge is 0.381 e. The minimum absolute atomic E-state index is 0. The van der Waals surface area contributed by atoms with E-state index >= 15 is 0 Å². The third kappa shape index (κ3) is 5.74. The van der Waals surface area contributed by atoms with Gasteiger partial charge in [-0.05, 0) is 75.7 Å². The maximum Gasteiger partial charge on any atom is 0.251 e. The summed E-state index contributed by atoms with van der Waals surface area (Å²) < 4.78 is 11.8. The van der Waals surface area contributed by atoms with E-state index in [0.717, 1.165) is 57.9 Å². The number of morpholine rings is 1. The van der Waals surface area contributed by atoms with Gasteiger partial charge in [0.25, 0.3) is 5.91 Å². The Morgan fingerprint density at radius 3 is 2.41 bits per heavy atom. The fourth-order valence-corrected chi connectivity index (χ4v) is 5.32. The second kappa shape index (κ2) is 10.3. The zero-order chi connectivity index (χ0) is 19.4. The summed E-state index contributed by atoms with van der Waals surface area (Å²) in [5.41, 5.74) is 1.33. The molecule has 1 saturated carbocycles. The third-order valence-electron chi connectivity index (χ3n) is 7.09. The van der Waals surface area contributed by atoms with E-state index in [1.807, 2.05) is 6.92 Å². The number of hydrogen-bond donors (Lipinski definition) is 0. The predicted molar refractivity (Wildman–Crippen MR) is 117 cm³/mol. The molecule has 4 rings (SSSR count). The van der Waals surface area contributed by atoms with Crippen LogP contribution in [0.2, 0.25) is 0 Å². The van der Waals surface area contributed by atoms with E-state index in [2.05, 4.69) is 35.2 Å². The molecular weight excluding hydrogens is 386 g/mol. The van der Waals surface area contributed by atoms with Crippen molar-refractivity contribution in [2.75, 3.05) is 26.3 Å². The zero-order valence-electron chi connectivity index (χ0n) is 17.7. The molecule has 0 aromatic heterocycles. The second-order valence-electron chi connectivity index (χ2n) is 9.19. The maximum atomic E-state index is 12.7. The molecule has 5 heteroatoms. The van der Waals surface area contributed by atoms with E-state index in [4.69, 9.17) is 9.47 Å². The molecule has 29 heavy (non-hydrogen) atoms. The van der Waals surface area contributed by atoms with Crippen LogP contribution in [0.25, 0.3) is 0 Å². The van der Waals surface area contributed by atoms with Crippen molar-refractivity contribution in [2.45, 2.75) is 70.0 Å². The van der Waals surface area contributed by atoms with Gasteiger partial charge in [-0.25, -0.2) is 0 Å². The molecule has 3 aliphatic rings. The number of ether oxygens (including phenoxy) is 2. The van der Waals surface area contributed by atoms with E-state index < -0.39 is 0 Å². The van der Waals surface area contributed by atoms with Crippen molar-refractivity contribution in [2.24, 2.45) is 11.8 Å². The lowest BCUT2D eigenvalue weighted by Crippen LogP contribution is -2.60. The fraction of sp³-hybridized carbons (Fsp3) is 0.708. The Kier molecular flexibility index (Phi) is 8.00. The van der Waals surface area contributed by atoms with Gasteiger partial charge in [-0.1, -0.05) is 30.3 Å². The fourth-order valence-electron chi connectivity index (χ4n) is 5.32. The van der Waals surface area contributed by atoms with Gasteiger partial charge in [-0.2, -0.15) is 0 Å². The Labute approximate surface area is 181 Å². The molecule has 1 aromatic carbocycles. The number of aryl methyl sites for hydroxylation is 1. The number of carbonyl (C=O) groups excluding carboxylic acids is 1. The molecule has 3 fully saturated rings. The van der Waals surface area contributed by atoms with Crippen molar-refractivity contribution in [3.63, 3.8) is 0 Å². The Morgan fingerprint density at radius 2 is 1.72 bits per heavy atom. The molecule has 0 bridgehead atoms. The summed E-state index contributed by atoms with van der Waals surface area (Å²) in [6, 6.07) is 10.8. The van der Waals surface area contributed by atoms with Crippen LogP contribution < -0.4 is 0 Å². The number of amides is 1. The Morgan fingerprint density at radius 1 is 1.03 bits per heavy atom. The Hall–Kier alpha value is -1.10. The summed E-state index contributed by atoms with van der Waals surface area (Å²) in [5, 5.41) is 0. The monoisotopic (exact) mass is 421 g/mol. The number of hydrogen-bond acceptors (Lipinski definition) is 3. The van der Waals surface area contributed by atoms with Gasteiger partial charge in [0, 0.05) is 26.3 Å². The Bertz CT molecular complexity index is 639. The maximum absolute atomic E-state index is 12.7.